The highest BCUT2D eigenvalue weighted by atomic mass is 31.2. The van der Waals surface area contributed by atoms with Gasteiger partial charge in [-0.2, -0.15) is 0 Å². The van der Waals surface area contributed by atoms with Crippen molar-refractivity contribution in [1.29, 1.82) is 0 Å². The summed E-state index contributed by atoms with van der Waals surface area (Å²) in [6, 6.07) is 0. The number of hydrogen-bond donors (Lipinski definition) is 3. The highest BCUT2D eigenvalue weighted by molar-refractivity contribution is 7.57. The van der Waals surface area contributed by atoms with Gasteiger partial charge in [0.15, 0.2) is 0 Å². The molecule has 0 aromatic rings. The maximum atomic E-state index is 11.4. The van der Waals surface area contributed by atoms with Crippen molar-refractivity contribution in [2.24, 2.45) is 0 Å². The highest BCUT2D eigenvalue weighted by Crippen LogP contribution is 2.62. The molecule has 0 amide bonds. The van der Waals surface area contributed by atoms with Crippen LogP contribution in [0.2, 0.25) is 0 Å². The summed E-state index contributed by atoms with van der Waals surface area (Å²) in [5.41, 5.74) is -1.95. The van der Waals surface area contributed by atoms with Gasteiger partial charge in [0.1, 0.15) is 0 Å². The van der Waals surface area contributed by atoms with E-state index in [1.807, 2.05) is 0 Å². The monoisotopic (exact) mass is 244 g/mol. The Hall–Kier alpha value is 0.300. The van der Waals surface area contributed by atoms with Crippen molar-refractivity contribution in [2.75, 3.05) is 7.11 Å². The van der Waals surface area contributed by atoms with E-state index in [9.17, 15) is 14.0 Å². The van der Waals surface area contributed by atoms with Gasteiger partial charge < -0.3 is 19.2 Å². The Balaban J connectivity index is 2.90. The van der Waals surface area contributed by atoms with Crippen LogP contribution in [0.3, 0.4) is 0 Å². The molecule has 0 radical (unpaired) electrons. The molecule has 1 fully saturated rings. The first-order chi connectivity index (χ1) is 6.29. The molecule has 0 aromatic heterocycles. The van der Waals surface area contributed by atoms with Crippen molar-refractivity contribution in [1.82, 2.24) is 0 Å². The van der Waals surface area contributed by atoms with Gasteiger partial charge in [-0.1, -0.05) is 6.42 Å². The molecular weight excluding hydrogens is 230 g/mol. The molecule has 0 saturated heterocycles. The Bertz CT molecular complexity index is 297. The molecular formula is C6H14O6P2. The van der Waals surface area contributed by atoms with E-state index in [0.717, 1.165) is 7.11 Å². The first-order valence-corrected chi connectivity index (χ1v) is 7.55. The van der Waals surface area contributed by atoms with Crippen LogP contribution in [0.5, 0.6) is 0 Å². The summed E-state index contributed by atoms with van der Waals surface area (Å²) in [6.07, 6.45) is 1.16. The van der Waals surface area contributed by atoms with Gasteiger partial charge in [0, 0.05) is 7.11 Å². The molecule has 1 rings (SSSR count). The van der Waals surface area contributed by atoms with Crippen LogP contribution in [0.4, 0.5) is 0 Å². The van der Waals surface area contributed by atoms with Crippen LogP contribution in [-0.2, 0) is 13.7 Å². The normalized spacial score (nSPS) is 32.9. The molecule has 0 heterocycles. The van der Waals surface area contributed by atoms with Crippen molar-refractivity contribution in [3.05, 3.63) is 0 Å². The summed E-state index contributed by atoms with van der Waals surface area (Å²) in [5, 5.41) is 0. The van der Waals surface area contributed by atoms with Crippen LogP contribution in [0.25, 0.3) is 0 Å². The van der Waals surface area contributed by atoms with E-state index in [1.165, 1.54) is 0 Å². The van der Waals surface area contributed by atoms with Gasteiger partial charge in [0.25, 0.3) is 0 Å². The van der Waals surface area contributed by atoms with E-state index >= 15 is 0 Å². The van der Waals surface area contributed by atoms with Crippen molar-refractivity contribution < 1.29 is 28.3 Å². The number of hydrogen-bond acceptors (Lipinski definition) is 3. The fourth-order valence-electron chi connectivity index (χ4n) is 1.83. The van der Waals surface area contributed by atoms with E-state index < -0.39 is 26.5 Å². The van der Waals surface area contributed by atoms with Crippen LogP contribution in [0.15, 0.2) is 0 Å². The van der Waals surface area contributed by atoms with Crippen molar-refractivity contribution >= 4 is 15.2 Å². The van der Waals surface area contributed by atoms with Gasteiger partial charge in [-0.3, -0.25) is 9.13 Å². The highest BCUT2D eigenvalue weighted by Gasteiger charge is 2.48. The summed E-state index contributed by atoms with van der Waals surface area (Å²) in [5.74, 6) is 0. The Morgan fingerprint density at radius 2 is 1.64 bits per heavy atom. The van der Waals surface area contributed by atoms with E-state index in [0.29, 0.717) is 12.8 Å². The van der Waals surface area contributed by atoms with Crippen molar-refractivity contribution in [2.45, 2.75) is 30.6 Å². The molecule has 8 heteroatoms. The Morgan fingerprint density at radius 1 is 1.14 bits per heavy atom. The fourth-order valence-corrected chi connectivity index (χ4v) is 5.34. The van der Waals surface area contributed by atoms with Gasteiger partial charge in [-0.15, -0.1) is 0 Å². The molecule has 3 N–H and O–H groups in total. The average Bonchev–Trinajstić information content (AvgIpc) is 2.51. The zero-order chi connectivity index (χ0) is 11.0. The van der Waals surface area contributed by atoms with Crippen molar-refractivity contribution in [3.63, 3.8) is 0 Å². The minimum Gasteiger partial charge on any atom is -0.324 e. The topological polar surface area (TPSA) is 104 Å². The summed E-state index contributed by atoms with van der Waals surface area (Å²) in [7, 11) is -7.08. The Labute approximate surface area is 82.0 Å². The number of rotatable bonds is 3. The third-order valence-corrected chi connectivity index (χ3v) is 6.25. The molecule has 1 aliphatic rings. The summed E-state index contributed by atoms with van der Waals surface area (Å²) in [4.78, 5) is 27.3. The van der Waals surface area contributed by atoms with E-state index in [4.69, 9.17) is 9.79 Å². The molecule has 14 heavy (non-hydrogen) atoms. The standard InChI is InChI=1S/C6H14O6P2/c1-12-14(10,11)6-4-2-3-5(6)13(7,8)9/h5-6H,2-4H2,1H3,(H,10,11)(H2,7,8,9). The third-order valence-electron chi connectivity index (χ3n) is 2.56. The van der Waals surface area contributed by atoms with Crippen LogP contribution in [0, 0.1) is 0 Å². The molecule has 6 nitrogen and oxygen atoms in total. The third kappa shape index (κ3) is 2.45. The predicted molar refractivity (Wildman–Crippen MR) is 50.3 cm³/mol. The largest absolute Gasteiger partial charge is 0.331 e. The minimum atomic E-state index is -4.29. The van der Waals surface area contributed by atoms with Gasteiger partial charge in [0.05, 0.1) is 11.3 Å². The van der Waals surface area contributed by atoms with Crippen LogP contribution < -0.4 is 0 Å². The summed E-state index contributed by atoms with van der Waals surface area (Å²) in [6.45, 7) is 0. The molecule has 0 aliphatic heterocycles. The second kappa shape index (κ2) is 4.05. The minimum absolute atomic E-state index is 0.281. The van der Waals surface area contributed by atoms with E-state index in [-0.39, 0.29) is 6.42 Å². The predicted octanol–water partition coefficient (Wildman–Crippen LogP) is 0.917. The summed E-state index contributed by atoms with van der Waals surface area (Å²) < 4.78 is 26.9. The second-order valence-electron chi connectivity index (χ2n) is 3.40. The molecule has 84 valence electrons. The first-order valence-electron chi connectivity index (χ1n) is 4.22. The maximum absolute atomic E-state index is 11.4. The van der Waals surface area contributed by atoms with Crippen LogP contribution in [-0.4, -0.2) is 33.1 Å². The van der Waals surface area contributed by atoms with E-state index in [2.05, 4.69) is 4.52 Å². The molecule has 0 spiro atoms. The second-order valence-corrected chi connectivity index (χ2v) is 7.40. The molecule has 1 saturated carbocycles. The lowest BCUT2D eigenvalue weighted by atomic mass is 10.4. The lowest BCUT2D eigenvalue weighted by molar-refractivity contribution is 0.297. The zero-order valence-electron chi connectivity index (χ0n) is 7.74. The van der Waals surface area contributed by atoms with Gasteiger partial charge >= 0.3 is 15.2 Å². The van der Waals surface area contributed by atoms with Crippen molar-refractivity contribution in [3.8, 4) is 0 Å². The first kappa shape index (κ1) is 12.4. The fraction of sp³-hybridized carbons (Fsp3) is 1.00. The lowest BCUT2D eigenvalue weighted by Gasteiger charge is -2.23. The average molecular weight is 244 g/mol. The zero-order valence-corrected chi connectivity index (χ0v) is 9.53. The SMILES string of the molecule is COP(=O)(O)C1CCCC1P(=O)(O)O. The smallest absolute Gasteiger partial charge is 0.324 e. The van der Waals surface area contributed by atoms with Gasteiger partial charge in [-0.05, 0) is 12.8 Å². The quantitative estimate of drug-likeness (QED) is 0.637. The molecule has 1 aliphatic carbocycles. The summed E-state index contributed by atoms with van der Waals surface area (Å²) >= 11 is 0. The lowest BCUT2D eigenvalue weighted by Crippen LogP contribution is -2.20. The maximum Gasteiger partial charge on any atom is 0.331 e. The molecule has 3 unspecified atom stereocenters. The molecule has 3 atom stereocenters. The van der Waals surface area contributed by atoms with Gasteiger partial charge in [-0.25, -0.2) is 0 Å². The Kier molecular flexibility index (Phi) is 3.58. The van der Waals surface area contributed by atoms with Gasteiger partial charge in [0.2, 0.25) is 0 Å². The van der Waals surface area contributed by atoms with Crippen LogP contribution in [0.1, 0.15) is 19.3 Å². The Morgan fingerprint density at radius 3 is 2.07 bits per heavy atom. The van der Waals surface area contributed by atoms with Crippen LogP contribution >= 0.6 is 15.2 Å². The molecule has 0 aromatic carbocycles. The van der Waals surface area contributed by atoms with E-state index in [1.54, 1.807) is 0 Å². The molecule has 0 bridgehead atoms.